The van der Waals surface area contributed by atoms with E-state index in [1.165, 1.54) is 12.1 Å². The number of aliphatic hydroxyl groups is 1. The van der Waals surface area contributed by atoms with E-state index < -0.39 is 29.8 Å². The highest BCUT2D eigenvalue weighted by atomic mass is 16.6. The highest BCUT2D eigenvalue weighted by Gasteiger charge is 2.26. The molecule has 0 heterocycles. The number of nitrogens with two attached hydrogens (primary N) is 1. The molecule has 1 rings (SSSR count). The van der Waals surface area contributed by atoms with Crippen molar-refractivity contribution in [3.63, 3.8) is 0 Å². The van der Waals surface area contributed by atoms with E-state index in [9.17, 15) is 14.7 Å². The van der Waals surface area contributed by atoms with Gasteiger partial charge in [0.1, 0.15) is 17.7 Å². The van der Waals surface area contributed by atoms with Gasteiger partial charge in [-0.1, -0.05) is 18.2 Å². The van der Waals surface area contributed by atoms with Gasteiger partial charge in [-0.3, -0.25) is 10.1 Å². The van der Waals surface area contributed by atoms with Crippen molar-refractivity contribution in [3.05, 3.63) is 29.8 Å². The molecule has 2 atom stereocenters. The zero-order valence-electron chi connectivity index (χ0n) is 12.2. The number of hydrogen-bond donors (Lipinski definition) is 4. The van der Waals surface area contributed by atoms with E-state index in [-0.39, 0.29) is 11.3 Å². The maximum Gasteiger partial charge on any atom is 0.412 e. The number of amides is 1. The SMILES string of the molecule is CC(C)(C)OC(=O)Nc1ccccc1C(O)C(N)C(=O)O. The van der Waals surface area contributed by atoms with Gasteiger partial charge in [-0.15, -0.1) is 0 Å². The molecule has 0 aromatic heterocycles. The number of carboxylic acid groups (broad SMARTS) is 1. The summed E-state index contributed by atoms with van der Waals surface area (Å²) in [6, 6.07) is 4.76. The molecule has 21 heavy (non-hydrogen) atoms. The molecule has 7 nitrogen and oxygen atoms in total. The maximum atomic E-state index is 11.7. The van der Waals surface area contributed by atoms with Crippen molar-refractivity contribution in [2.75, 3.05) is 5.32 Å². The topological polar surface area (TPSA) is 122 Å². The smallest absolute Gasteiger partial charge is 0.412 e. The van der Waals surface area contributed by atoms with E-state index in [0.717, 1.165) is 0 Å². The Hall–Kier alpha value is -2.12. The van der Waals surface area contributed by atoms with Gasteiger partial charge in [0.25, 0.3) is 0 Å². The van der Waals surface area contributed by atoms with Crippen molar-refractivity contribution >= 4 is 17.7 Å². The van der Waals surface area contributed by atoms with Crippen LogP contribution in [0, 0.1) is 0 Å². The van der Waals surface area contributed by atoms with Gasteiger partial charge in [0.15, 0.2) is 0 Å². The summed E-state index contributed by atoms with van der Waals surface area (Å²) < 4.78 is 5.11. The number of benzene rings is 1. The van der Waals surface area contributed by atoms with Gasteiger partial charge in [0.2, 0.25) is 0 Å². The molecule has 0 aliphatic carbocycles. The first kappa shape index (κ1) is 16.9. The Balaban J connectivity index is 2.94. The van der Waals surface area contributed by atoms with Crippen molar-refractivity contribution < 1.29 is 24.5 Å². The van der Waals surface area contributed by atoms with E-state index in [1.807, 2.05) is 0 Å². The lowest BCUT2D eigenvalue weighted by atomic mass is 10.0. The highest BCUT2D eigenvalue weighted by molar-refractivity contribution is 5.86. The summed E-state index contributed by atoms with van der Waals surface area (Å²) in [5.41, 5.74) is 5.18. The van der Waals surface area contributed by atoms with E-state index in [2.05, 4.69) is 5.32 Å². The molecule has 0 bridgehead atoms. The molecule has 0 radical (unpaired) electrons. The number of carbonyl (C=O) groups is 2. The van der Waals surface area contributed by atoms with Crippen LogP contribution in [-0.2, 0) is 9.53 Å². The predicted octanol–water partition coefficient (Wildman–Crippen LogP) is 1.48. The minimum atomic E-state index is -1.49. The van der Waals surface area contributed by atoms with Crippen LogP contribution in [-0.4, -0.2) is 33.9 Å². The van der Waals surface area contributed by atoms with Gasteiger partial charge in [-0.2, -0.15) is 0 Å². The second-order valence-corrected chi connectivity index (χ2v) is 5.52. The molecule has 2 unspecified atom stereocenters. The normalized spacial score (nSPS) is 14.1. The van der Waals surface area contributed by atoms with Gasteiger partial charge < -0.3 is 20.7 Å². The summed E-state index contributed by atoms with van der Waals surface area (Å²) in [6.45, 7) is 5.15. The summed E-state index contributed by atoms with van der Waals surface area (Å²) in [7, 11) is 0. The van der Waals surface area contributed by atoms with Crippen LogP contribution < -0.4 is 11.1 Å². The summed E-state index contributed by atoms with van der Waals surface area (Å²) in [4.78, 5) is 22.6. The number of rotatable bonds is 4. The molecular formula is C14H20N2O5. The Labute approximate surface area is 122 Å². The van der Waals surface area contributed by atoms with Crippen LogP contribution in [0.3, 0.4) is 0 Å². The summed E-state index contributed by atoms with van der Waals surface area (Å²) in [5.74, 6) is -1.34. The number of aliphatic hydroxyl groups excluding tert-OH is 1. The third-order valence-corrected chi connectivity index (χ3v) is 2.54. The summed E-state index contributed by atoms with van der Waals surface area (Å²) in [5, 5.41) is 21.3. The average Bonchev–Trinajstić information content (AvgIpc) is 2.35. The summed E-state index contributed by atoms with van der Waals surface area (Å²) >= 11 is 0. The average molecular weight is 296 g/mol. The zero-order chi connectivity index (χ0) is 16.2. The predicted molar refractivity (Wildman–Crippen MR) is 76.9 cm³/mol. The Morgan fingerprint density at radius 1 is 1.29 bits per heavy atom. The first-order valence-corrected chi connectivity index (χ1v) is 6.37. The number of para-hydroxylation sites is 1. The van der Waals surface area contributed by atoms with Gasteiger partial charge in [0, 0.05) is 11.3 Å². The van der Waals surface area contributed by atoms with Crippen LogP contribution in [0.15, 0.2) is 24.3 Å². The molecule has 1 aromatic carbocycles. The molecule has 1 aromatic rings. The molecule has 0 spiro atoms. The van der Waals surface area contributed by atoms with E-state index in [1.54, 1.807) is 32.9 Å². The van der Waals surface area contributed by atoms with Gasteiger partial charge >= 0.3 is 12.1 Å². The number of aliphatic carboxylic acids is 1. The summed E-state index contributed by atoms with van der Waals surface area (Å²) in [6.07, 6.45) is -2.15. The lowest BCUT2D eigenvalue weighted by Crippen LogP contribution is -2.37. The van der Waals surface area contributed by atoms with Crippen LogP contribution in [0.25, 0.3) is 0 Å². The molecular weight excluding hydrogens is 276 g/mol. The van der Waals surface area contributed by atoms with Crippen molar-refractivity contribution in [3.8, 4) is 0 Å². The van der Waals surface area contributed by atoms with Crippen LogP contribution in [0.2, 0.25) is 0 Å². The van der Waals surface area contributed by atoms with Crippen LogP contribution in [0.5, 0.6) is 0 Å². The first-order valence-electron chi connectivity index (χ1n) is 6.37. The van der Waals surface area contributed by atoms with Crippen molar-refractivity contribution in [1.29, 1.82) is 0 Å². The Morgan fingerprint density at radius 3 is 2.38 bits per heavy atom. The molecule has 5 N–H and O–H groups in total. The van der Waals surface area contributed by atoms with E-state index >= 15 is 0 Å². The standard InChI is InChI=1S/C14H20N2O5/c1-14(2,3)21-13(20)16-9-7-5-4-6-8(9)11(17)10(15)12(18)19/h4-7,10-11,17H,15H2,1-3H3,(H,16,20)(H,18,19). The molecule has 7 heteroatoms. The van der Waals surface area contributed by atoms with Crippen LogP contribution in [0.1, 0.15) is 32.4 Å². The fourth-order valence-corrected chi connectivity index (χ4v) is 1.61. The third kappa shape index (κ3) is 5.05. The fourth-order valence-electron chi connectivity index (χ4n) is 1.61. The fraction of sp³-hybridized carbons (Fsp3) is 0.429. The molecule has 0 aliphatic rings. The van der Waals surface area contributed by atoms with Crippen molar-refractivity contribution in [2.45, 2.75) is 38.5 Å². The molecule has 116 valence electrons. The van der Waals surface area contributed by atoms with Gasteiger partial charge in [-0.05, 0) is 26.8 Å². The Bertz CT molecular complexity index is 524. The lowest BCUT2D eigenvalue weighted by Gasteiger charge is -2.22. The van der Waals surface area contributed by atoms with Crippen molar-refractivity contribution in [1.82, 2.24) is 0 Å². The number of carboxylic acids is 1. The number of anilines is 1. The third-order valence-electron chi connectivity index (χ3n) is 2.54. The van der Waals surface area contributed by atoms with Crippen LogP contribution >= 0.6 is 0 Å². The molecule has 0 aliphatic heterocycles. The largest absolute Gasteiger partial charge is 0.480 e. The second-order valence-electron chi connectivity index (χ2n) is 5.52. The number of hydrogen-bond acceptors (Lipinski definition) is 5. The Morgan fingerprint density at radius 2 is 1.86 bits per heavy atom. The minimum absolute atomic E-state index is 0.207. The Kier molecular flexibility index (Phi) is 5.28. The van der Waals surface area contributed by atoms with Gasteiger partial charge in [0.05, 0.1) is 0 Å². The lowest BCUT2D eigenvalue weighted by molar-refractivity contribution is -0.141. The molecule has 1 amide bonds. The monoisotopic (exact) mass is 296 g/mol. The van der Waals surface area contributed by atoms with E-state index in [0.29, 0.717) is 0 Å². The molecule has 0 saturated carbocycles. The number of ether oxygens (including phenoxy) is 1. The minimum Gasteiger partial charge on any atom is -0.480 e. The quantitative estimate of drug-likeness (QED) is 0.667. The second kappa shape index (κ2) is 6.55. The molecule has 0 saturated heterocycles. The van der Waals surface area contributed by atoms with Crippen LogP contribution in [0.4, 0.5) is 10.5 Å². The first-order chi connectivity index (χ1) is 9.61. The van der Waals surface area contributed by atoms with Gasteiger partial charge in [-0.25, -0.2) is 4.79 Å². The van der Waals surface area contributed by atoms with Crippen molar-refractivity contribution in [2.24, 2.45) is 5.73 Å². The number of nitrogens with one attached hydrogen (secondary N) is 1. The molecule has 0 fully saturated rings. The van der Waals surface area contributed by atoms with E-state index in [4.69, 9.17) is 15.6 Å². The maximum absolute atomic E-state index is 11.7. The highest BCUT2D eigenvalue weighted by Crippen LogP contribution is 2.25. The zero-order valence-corrected chi connectivity index (χ0v) is 12.2. The number of carbonyl (C=O) groups excluding carboxylic acids is 1.